The van der Waals surface area contributed by atoms with Gasteiger partial charge < -0.3 is 4.74 Å². The summed E-state index contributed by atoms with van der Waals surface area (Å²) in [7, 11) is -2.01. The predicted octanol–water partition coefficient (Wildman–Crippen LogP) is 3.72. The van der Waals surface area contributed by atoms with Crippen molar-refractivity contribution in [3.05, 3.63) is 57.6 Å². The monoisotopic (exact) mass is 347 g/mol. The number of nitrogens with one attached hydrogen (secondary N) is 1. The summed E-state index contributed by atoms with van der Waals surface area (Å²) in [6.07, 6.45) is 0. The highest BCUT2D eigenvalue weighted by atomic mass is 32.2. The third-order valence-electron chi connectivity index (χ3n) is 4.64. The highest BCUT2D eigenvalue weighted by Crippen LogP contribution is 2.30. The van der Waals surface area contributed by atoms with Crippen LogP contribution in [0.3, 0.4) is 0 Å². The van der Waals surface area contributed by atoms with Crippen LogP contribution in [0.1, 0.15) is 33.4 Å². The summed E-state index contributed by atoms with van der Waals surface area (Å²) in [5.74, 6) is 0.707. The summed E-state index contributed by atoms with van der Waals surface area (Å²) in [6.45, 7) is 9.79. The molecule has 0 radical (unpaired) electrons. The molecule has 0 fully saturated rings. The molecule has 0 aromatic heterocycles. The minimum absolute atomic E-state index is 0.278. The summed E-state index contributed by atoms with van der Waals surface area (Å²) in [6, 6.07) is 7.69. The molecule has 0 aliphatic rings. The van der Waals surface area contributed by atoms with E-state index in [1.807, 2.05) is 45.9 Å². The molecular weight excluding hydrogens is 322 g/mol. The van der Waals surface area contributed by atoms with Gasteiger partial charge in [0.2, 0.25) is 10.0 Å². The number of hydrogen-bond acceptors (Lipinski definition) is 3. The third kappa shape index (κ3) is 3.47. The minimum atomic E-state index is -3.60. The molecule has 0 saturated carbocycles. The lowest BCUT2D eigenvalue weighted by molar-refractivity contribution is 0.410. The van der Waals surface area contributed by atoms with Gasteiger partial charge in [0.15, 0.2) is 0 Å². The molecule has 2 aromatic carbocycles. The molecule has 5 heteroatoms. The second-order valence-electron chi connectivity index (χ2n) is 6.16. The van der Waals surface area contributed by atoms with Gasteiger partial charge >= 0.3 is 0 Å². The molecule has 24 heavy (non-hydrogen) atoms. The number of hydrogen-bond donors (Lipinski definition) is 1. The summed E-state index contributed by atoms with van der Waals surface area (Å²) >= 11 is 0. The van der Waals surface area contributed by atoms with E-state index in [1.54, 1.807) is 20.1 Å². The molecule has 0 aliphatic carbocycles. The van der Waals surface area contributed by atoms with Crippen molar-refractivity contribution in [3.8, 4) is 5.75 Å². The Morgan fingerprint density at radius 3 is 2.25 bits per heavy atom. The van der Waals surface area contributed by atoms with Crippen LogP contribution in [-0.2, 0) is 16.6 Å². The van der Waals surface area contributed by atoms with Crippen LogP contribution in [0.15, 0.2) is 29.2 Å². The van der Waals surface area contributed by atoms with Crippen molar-refractivity contribution in [2.45, 2.75) is 46.1 Å². The second kappa shape index (κ2) is 6.95. The minimum Gasteiger partial charge on any atom is -0.496 e. The molecule has 0 unspecified atom stereocenters. The normalized spacial score (nSPS) is 11.6. The fourth-order valence-electron chi connectivity index (χ4n) is 2.90. The Bertz CT molecular complexity index is 871. The van der Waals surface area contributed by atoms with E-state index in [9.17, 15) is 8.42 Å². The number of ether oxygens (including phenoxy) is 1. The smallest absolute Gasteiger partial charge is 0.241 e. The van der Waals surface area contributed by atoms with Crippen LogP contribution in [-0.4, -0.2) is 15.5 Å². The Kier molecular flexibility index (Phi) is 5.35. The third-order valence-corrected chi connectivity index (χ3v) is 6.33. The molecule has 2 aromatic rings. The van der Waals surface area contributed by atoms with E-state index in [-0.39, 0.29) is 6.54 Å². The highest BCUT2D eigenvalue weighted by molar-refractivity contribution is 7.89. The van der Waals surface area contributed by atoms with Gasteiger partial charge in [0.05, 0.1) is 12.0 Å². The fourth-order valence-corrected chi connectivity index (χ4v) is 4.42. The Morgan fingerprint density at radius 2 is 1.62 bits per heavy atom. The fraction of sp³-hybridized carbons (Fsp3) is 0.368. The van der Waals surface area contributed by atoms with Gasteiger partial charge in [0, 0.05) is 6.54 Å². The first-order valence-corrected chi connectivity index (χ1v) is 9.37. The van der Waals surface area contributed by atoms with Gasteiger partial charge in [0.25, 0.3) is 0 Å². The van der Waals surface area contributed by atoms with Crippen LogP contribution < -0.4 is 9.46 Å². The highest BCUT2D eigenvalue weighted by Gasteiger charge is 2.22. The Balaban J connectivity index is 2.38. The lowest BCUT2D eigenvalue weighted by atomic mass is 10.0. The molecule has 0 atom stereocenters. The molecule has 0 amide bonds. The van der Waals surface area contributed by atoms with Crippen molar-refractivity contribution < 1.29 is 13.2 Å². The van der Waals surface area contributed by atoms with Crippen molar-refractivity contribution in [1.82, 2.24) is 4.72 Å². The van der Waals surface area contributed by atoms with E-state index >= 15 is 0 Å². The maximum Gasteiger partial charge on any atom is 0.241 e. The van der Waals surface area contributed by atoms with Gasteiger partial charge in [-0.2, -0.15) is 0 Å². The molecule has 0 aliphatic heterocycles. The van der Waals surface area contributed by atoms with E-state index < -0.39 is 10.0 Å². The molecule has 130 valence electrons. The largest absolute Gasteiger partial charge is 0.496 e. The Labute approximate surface area is 144 Å². The molecular formula is C19H25NO3S. The van der Waals surface area contributed by atoms with Crippen molar-refractivity contribution in [2.75, 3.05) is 7.11 Å². The van der Waals surface area contributed by atoms with Gasteiger partial charge in [-0.05, 0) is 74.1 Å². The van der Waals surface area contributed by atoms with Crippen molar-refractivity contribution in [2.24, 2.45) is 0 Å². The summed E-state index contributed by atoms with van der Waals surface area (Å²) in [4.78, 5) is 0.339. The topological polar surface area (TPSA) is 55.4 Å². The number of benzene rings is 2. The van der Waals surface area contributed by atoms with Crippen LogP contribution in [0.4, 0.5) is 0 Å². The van der Waals surface area contributed by atoms with Gasteiger partial charge in [-0.3, -0.25) is 0 Å². The van der Waals surface area contributed by atoms with Gasteiger partial charge in [0.1, 0.15) is 5.75 Å². The molecule has 4 nitrogen and oxygen atoms in total. The molecule has 0 saturated heterocycles. The first-order valence-electron chi connectivity index (χ1n) is 7.88. The number of aryl methyl sites for hydroxylation is 2. The lowest BCUT2D eigenvalue weighted by Gasteiger charge is -2.17. The average molecular weight is 347 g/mol. The quantitative estimate of drug-likeness (QED) is 0.897. The van der Waals surface area contributed by atoms with Crippen molar-refractivity contribution in [1.29, 1.82) is 0 Å². The first kappa shape index (κ1) is 18.5. The second-order valence-corrected chi connectivity index (χ2v) is 7.86. The van der Waals surface area contributed by atoms with Crippen LogP contribution >= 0.6 is 0 Å². The summed E-state index contributed by atoms with van der Waals surface area (Å²) < 4.78 is 33.7. The predicted molar refractivity (Wildman–Crippen MR) is 97.1 cm³/mol. The Morgan fingerprint density at radius 1 is 0.958 bits per heavy atom. The van der Waals surface area contributed by atoms with E-state index in [0.29, 0.717) is 16.2 Å². The zero-order chi connectivity index (χ0) is 18.1. The lowest BCUT2D eigenvalue weighted by Crippen LogP contribution is -2.25. The summed E-state index contributed by atoms with van der Waals surface area (Å²) in [5, 5.41) is 0. The number of rotatable bonds is 5. The van der Waals surface area contributed by atoms with Gasteiger partial charge in [-0.25, -0.2) is 13.1 Å². The summed E-state index contributed by atoms with van der Waals surface area (Å²) in [5.41, 5.74) is 5.50. The van der Waals surface area contributed by atoms with Crippen LogP contribution in [0.25, 0.3) is 0 Å². The zero-order valence-electron chi connectivity index (χ0n) is 15.1. The van der Waals surface area contributed by atoms with Gasteiger partial charge in [-0.1, -0.05) is 18.2 Å². The Hall–Kier alpha value is -1.85. The van der Waals surface area contributed by atoms with Crippen molar-refractivity contribution >= 4 is 10.0 Å². The van der Waals surface area contributed by atoms with E-state index in [0.717, 1.165) is 27.8 Å². The molecule has 2 rings (SSSR count). The maximum absolute atomic E-state index is 12.8. The molecule has 0 heterocycles. The van der Waals surface area contributed by atoms with Crippen LogP contribution in [0, 0.1) is 34.6 Å². The van der Waals surface area contributed by atoms with Crippen LogP contribution in [0.2, 0.25) is 0 Å². The zero-order valence-corrected chi connectivity index (χ0v) is 16.0. The number of methoxy groups -OCH3 is 1. The molecule has 0 spiro atoms. The standard InChI is InChI=1S/C19H25NO3S/c1-12-8-7-9-17(14(12)3)11-20-24(21,22)19-13(2)10-18(23-6)15(4)16(19)5/h7-10,20H,11H2,1-6H3. The van der Waals surface area contributed by atoms with E-state index in [2.05, 4.69) is 4.72 Å². The van der Waals surface area contributed by atoms with Gasteiger partial charge in [-0.15, -0.1) is 0 Å². The molecule has 1 N–H and O–H groups in total. The van der Waals surface area contributed by atoms with E-state index in [1.165, 1.54) is 0 Å². The SMILES string of the molecule is COc1cc(C)c(S(=O)(=O)NCc2cccc(C)c2C)c(C)c1C. The maximum atomic E-state index is 12.8. The number of sulfonamides is 1. The van der Waals surface area contributed by atoms with Crippen LogP contribution in [0.5, 0.6) is 5.75 Å². The van der Waals surface area contributed by atoms with Crippen molar-refractivity contribution in [3.63, 3.8) is 0 Å². The first-order chi connectivity index (χ1) is 11.2. The van der Waals surface area contributed by atoms with E-state index in [4.69, 9.17) is 4.74 Å². The average Bonchev–Trinajstić information content (AvgIpc) is 2.52. The molecule has 0 bridgehead atoms.